The number of hydrazine groups is 1. The van der Waals surface area contributed by atoms with Crippen molar-refractivity contribution in [3.8, 4) is 0 Å². The molecule has 0 spiro atoms. The average molecular weight is 226 g/mol. The molecule has 0 bridgehead atoms. The maximum Gasteiger partial charge on any atom is 0.171 e. The lowest BCUT2D eigenvalue weighted by molar-refractivity contribution is 1.08. The molecule has 1 aromatic carbocycles. The number of nitrogen functional groups attached to an aromatic ring is 1. The van der Waals surface area contributed by atoms with E-state index in [9.17, 15) is 0 Å². The van der Waals surface area contributed by atoms with E-state index in [0.29, 0.717) is 11.3 Å². The monoisotopic (exact) mass is 226 g/mol. The van der Waals surface area contributed by atoms with Gasteiger partial charge in [0.25, 0.3) is 0 Å². The highest BCUT2D eigenvalue weighted by Crippen LogP contribution is 2.24. The molecule has 0 fully saturated rings. The lowest BCUT2D eigenvalue weighted by Gasteiger charge is -2.05. The summed E-state index contributed by atoms with van der Waals surface area (Å²) in [7, 11) is 0. The van der Waals surface area contributed by atoms with Crippen LogP contribution in [-0.2, 0) is 0 Å². The summed E-state index contributed by atoms with van der Waals surface area (Å²) in [6.07, 6.45) is 1.46. The Morgan fingerprint density at radius 3 is 2.71 bits per heavy atom. The van der Waals surface area contributed by atoms with Crippen LogP contribution in [0.15, 0.2) is 24.5 Å². The molecule has 0 saturated carbocycles. The van der Waals surface area contributed by atoms with Crippen molar-refractivity contribution < 1.29 is 0 Å². The van der Waals surface area contributed by atoms with Crippen LogP contribution in [0.3, 0.4) is 0 Å². The number of hydrogen-bond acceptors (Lipinski definition) is 6. The number of nitrogens with two attached hydrogens (primary N) is 1. The fourth-order valence-electron chi connectivity index (χ4n) is 1.86. The van der Waals surface area contributed by atoms with Gasteiger partial charge in [0.1, 0.15) is 11.8 Å². The van der Waals surface area contributed by atoms with Crippen molar-refractivity contribution in [3.05, 3.63) is 30.1 Å². The number of nitrogens with zero attached hydrogens (tertiary/aromatic N) is 4. The Morgan fingerprint density at radius 2 is 1.88 bits per heavy atom. The first-order valence-electron chi connectivity index (χ1n) is 5.14. The normalized spacial score (nSPS) is 10.9. The number of hydrogen-bond donors (Lipinski definition) is 2. The summed E-state index contributed by atoms with van der Waals surface area (Å²) >= 11 is 0. The minimum Gasteiger partial charge on any atom is -0.306 e. The van der Waals surface area contributed by atoms with Gasteiger partial charge < -0.3 is 5.43 Å². The number of nitrogens with one attached hydrogen (secondary N) is 1. The fraction of sp³-hybridized carbons (Fsp3) is 0.0909. The molecule has 0 atom stereocenters. The standard InChI is InChI=1S/C11H10N6/c1-6-3-2-4-7-8(6)16-17-10-9(7)13-5-14-11(10)15-12/h2-5H,12H2,1H3,(H,13,14,15). The molecule has 0 amide bonds. The van der Waals surface area contributed by atoms with Gasteiger partial charge in [0.05, 0.1) is 5.52 Å². The number of aromatic nitrogens is 4. The molecule has 0 radical (unpaired) electrons. The zero-order chi connectivity index (χ0) is 11.8. The Bertz CT molecular complexity index is 709. The van der Waals surface area contributed by atoms with Gasteiger partial charge in [-0.25, -0.2) is 15.8 Å². The molecule has 2 heterocycles. The molecule has 0 aliphatic rings. The van der Waals surface area contributed by atoms with Crippen LogP contribution in [0.4, 0.5) is 5.82 Å². The minimum absolute atomic E-state index is 0.478. The molecule has 6 heteroatoms. The zero-order valence-electron chi connectivity index (χ0n) is 9.18. The first-order chi connectivity index (χ1) is 8.31. The van der Waals surface area contributed by atoms with E-state index in [1.54, 1.807) is 0 Å². The number of rotatable bonds is 1. The minimum atomic E-state index is 0.478. The van der Waals surface area contributed by atoms with Gasteiger partial charge in [-0.1, -0.05) is 18.2 Å². The Morgan fingerprint density at radius 1 is 1.06 bits per heavy atom. The molecule has 2 aromatic heterocycles. The highest BCUT2D eigenvalue weighted by atomic mass is 15.3. The summed E-state index contributed by atoms with van der Waals surface area (Å²) in [6, 6.07) is 5.93. The third kappa shape index (κ3) is 1.38. The molecule has 3 rings (SSSR count). The van der Waals surface area contributed by atoms with Crippen molar-refractivity contribution in [2.75, 3.05) is 5.43 Å². The summed E-state index contributed by atoms with van der Waals surface area (Å²) in [6.45, 7) is 1.99. The van der Waals surface area contributed by atoms with Crippen molar-refractivity contribution in [3.63, 3.8) is 0 Å². The second-order valence-corrected chi connectivity index (χ2v) is 3.73. The van der Waals surface area contributed by atoms with Crippen molar-refractivity contribution in [1.29, 1.82) is 0 Å². The van der Waals surface area contributed by atoms with Crippen LogP contribution in [0.25, 0.3) is 21.9 Å². The summed E-state index contributed by atoms with van der Waals surface area (Å²) < 4.78 is 0. The number of anilines is 1. The summed E-state index contributed by atoms with van der Waals surface area (Å²) in [5.41, 5.74) is 5.74. The SMILES string of the molecule is Cc1cccc2c1nnc1c(NN)ncnc12. The van der Waals surface area contributed by atoms with Gasteiger partial charge in [0.2, 0.25) is 0 Å². The van der Waals surface area contributed by atoms with Gasteiger partial charge in [-0.2, -0.15) is 0 Å². The lowest BCUT2D eigenvalue weighted by atomic mass is 10.1. The number of benzene rings is 1. The Hall–Kier alpha value is -2.34. The van der Waals surface area contributed by atoms with Crippen LogP contribution in [0, 0.1) is 6.92 Å². The second kappa shape index (κ2) is 3.60. The predicted octanol–water partition coefficient (Wildman–Crippen LogP) is 1.17. The molecule has 6 nitrogen and oxygen atoms in total. The third-order valence-corrected chi connectivity index (χ3v) is 2.70. The Labute approximate surface area is 96.9 Å². The molecule has 0 aliphatic heterocycles. The predicted molar refractivity (Wildman–Crippen MR) is 65.2 cm³/mol. The molecule has 84 valence electrons. The van der Waals surface area contributed by atoms with Gasteiger partial charge in [-0.05, 0) is 12.5 Å². The Balaban J connectivity index is 2.53. The summed E-state index contributed by atoms with van der Waals surface area (Å²) in [5.74, 6) is 5.86. The zero-order valence-corrected chi connectivity index (χ0v) is 9.18. The molecular weight excluding hydrogens is 216 g/mol. The van der Waals surface area contributed by atoms with E-state index >= 15 is 0 Å². The first kappa shape index (κ1) is 9.86. The fourth-order valence-corrected chi connectivity index (χ4v) is 1.86. The van der Waals surface area contributed by atoms with E-state index in [1.807, 2.05) is 25.1 Å². The van der Waals surface area contributed by atoms with Crippen LogP contribution < -0.4 is 11.3 Å². The molecule has 17 heavy (non-hydrogen) atoms. The average Bonchev–Trinajstić information content (AvgIpc) is 2.38. The molecule has 3 N–H and O–H groups in total. The Kier molecular flexibility index (Phi) is 2.09. The second-order valence-electron chi connectivity index (χ2n) is 3.73. The maximum atomic E-state index is 5.38. The molecular formula is C11H10N6. The van der Waals surface area contributed by atoms with Gasteiger partial charge in [-0.15, -0.1) is 10.2 Å². The number of fused-ring (bicyclic) bond motifs is 3. The van der Waals surface area contributed by atoms with Crippen LogP contribution >= 0.6 is 0 Å². The van der Waals surface area contributed by atoms with Crippen LogP contribution in [0.1, 0.15) is 5.56 Å². The molecule has 3 aromatic rings. The van der Waals surface area contributed by atoms with Crippen molar-refractivity contribution in [1.82, 2.24) is 20.2 Å². The van der Waals surface area contributed by atoms with Gasteiger partial charge in [-0.3, -0.25) is 0 Å². The quantitative estimate of drug-likeness (QED) is 0.368. The maximum absolute atomic E-state index is 5.38. The van der Waals surface area contributed by atoms with E-state index < -0.39 is 0 Å². The first-order valence-corrected chi connectivity index (χ1v) is 5.14. The van der Waals surface area contributed by atoms with E-state index in [1.165, 1.54) is 6.33 Å². The number of aryl methyl sites for hydroxylation is 1. The van der Waals surface area contributed by atoms with Crippen molar-refractivity contribution >= 4 is 27.8 Å². The van der Waals surface area contributed by atoms with Crippen molar-refractivity contribution in [2.24, 2.45) is 5.84 Å². The third-order valence-electron chi connectivity index (χ3n) is 2.70. The van der Waals surface area contributed by atoms with Crippen molar-refractivity contribution in [2.45, 2.75) is 6.92 Å². The van der Waals surface area contributed by atoms with Gasteiger partial charge in [0, 0.05) is 5.39 Å². The smallest absolute Gasteiger partial charge is 0.171 e. The topological polar surface area (TPSA) is 89.6 Å². The van der Waals surface area contributed by atoms with Crippen LogP contribution in [0.2, 0.25) is 0 Å². The summed E-state index contributed by atoms with van der Waals surface area (Å²) in [5, 5.41) is 9.27. The highest BCUT2D eigenvalue weighted by molar-refractivity contribution is 6.04. The van der Waals surface area contributed by atoms with E-state index in [-0.39, 0.29) is 0 Å². The largest absolute Gasteiger partial charge is 0.306 e. The summed E-state index contributed by atoms with van der Waals surface area (Å²) in [4.78, 5) is 8.25. The van der Waals surface area contributed by atoms with Crippen LogP contribution in [0.5, 0.6) is 0 Å². The van der Waals surface area contributed by atoms with Crippen LogP contribution in [-0.4, -0.2) is 20.2 Å². The lowest BCUT2D eigenvalue weighted by Crippen LogP contribution is -2.10. The van der Waals surface area contributed by atoms with Gasteiger partial charge in [0.15, 0.2) is 11.3 Å². The molecule has 0 aliphatic carbocycles. The van der Waals surface area contributed by atoms with E-state index in [2.05, 4.69) is 25.6 Å². The van der Waals surface area contributed by atoms with E-state index in [4.69, 9.17) is 5.84 Å². The molecule has 0 saturated heterocycles. The highest BCUT2D eigenvalue weighted by Gasteiger charge is 2.09. The van der Waals surface area contributed by atoms with Gasteiger partial charge >= 0.3 is 0 Å². The molecule has 0 unspecified atom stereocenters. The van der Waals surface area contributed by atoms with E-state index in [0.717, 1.165) is 22.0 Å².